The summed E-state index contributed by atoms with van der Waals surface area (Å²) < 4.78 is 29.2. The minimum atomic E-state index is -1.38. The van der Waals surface area contributed by atoms with Crippen LogP contribution < -0.4 is 5.56 Å². The molecule has 3 heterocycles. The van der Waals surface area contributed by atoms with Gasteiger partial charge in [-0.3, -0.25) is 14.2 Å². The fraction of sp³-hybridized carbons (Fsp3) is 0.375. The van der Waals surface area contributed by atoms with Crippen LogP contribution in [-0.2, 0) is 11.3 Å². The SMILES string of the molecule is CC1(F)CN(C(=O)Cn2cnc3sc(C#CC4CCC4)c(-c4ccc(F)c(Br)c4)c3c2=O)C1. The molecule has 1 aromatic carbocycles. The van der Waals surface area contributed by atoms with Crippen molar-refractivity contribution in [3.05, 3.63) is 50.0 Å². The Kier molecular flexibility index (Phi) is 5.61. The zero-order chi connectivity index (χ0) is 23.3. The van der Waals surface area contributed by atoms with Crippen LogP contribution in [0.5, 0.6) is 0 Å². The number of hydrogen-bond donors (Lipinski definition) is 0. The molecule has 170 valence electrons. The van der Waals surface area contributed by atoms with Crippen LogP contribution in [0.1, 0.15) is 31.1 Å². The second-order valence-corrected chi connectivity index (χ2v) is 10.7. The predicted molar refractivity (Wildman–Crippen MR) is 127 cm³/mol. The van der Waals surface area contributed by atoms with Gasteiger partial charge in [-0.2, -0.15) is 0 Å². The van der Waals surface area contributed by atoms with E-state index in [0.29, 0.717) is 32.1 Å². The lowest BCUT2D eigenvalue weighted by atomic mass is 9.86. The fourth-order valence-corrected chi connectivity index (χ4v) is 5.44. The van der Waals surface area contributed by atoms with Crippen molar-refractivity contribution in [3.8, 4) is 23.0 Å². The molecular weight excluding hydrogens is 512 g/mol. The van der Waals surface area contributed by atoms with E-state index in [1.165, 1.54) is 46.5 Å². The first-order chi connectivity index (χ1) is 15.7. The van der Waals surface area contributed by atoms with Crippen LogP contribution in [0, 0.1) is 23.6 Å². The number of thiophene rings is 1. The third kappa shape index (κ3) is 4.22. The highest BCUT2D eigenvalue weighted by Crippen LogP contribution is 2.37. The van der Waals surface area contributed by atoms with E-state index in [0.717, 1.165) is 12.8 Å². The van der Waals surface area contributed by atoms with Crippen LogP contribution in [0.4, 0.5) is 8.78 Å². The molecule has 0 spiro atoms. The van der Waals surface area contributed by atoms with Gasteiger partial charge in [-0.15, -0.1) is 11.3 Å². The van der Waals surface area contributed by atoms with Gasteiger partial charge in [0.25, 0.3) is 5.56 Å². The number of amides is 1. The van der Waals surface area contributed by atoms with Crippen molar-refractivity contribution in [2.75, 3.05) is 13.1 Å². The summed E-state index contributed by atoms with van der Waals surface area (Å²) in [7, 11) is 0. The molecule has 1 saturated heterocycles. The zero-order valence-corrected chi connectivity index (χ0v) is 20.2. The third-order valence-corrected chi connectivity index (χ3v) is 7.70. The molecule has 0 N–H and O–H groups in total. The number of likely N-dealkylation sites (tertiary alicyclic amines) is 1. The van der Waals surface area contributed by atoms with Gasteiger partial charge in [-0.25, -0.2) is 13.8 Å². The Morgan fingerprint density at radius 1 is 1.36 bits per heavy atom. The van der Waals surface area contributed by atoms with Crippen LogP contribution >= 0.6 is 27.3 Å². The summed E-state index contributed by atoms with van der Waals surface area (Å²) in [6.07, 6.45) is 4.65. The Morgan fingerprint density at radius 3 is 2.76 bits per heavy atom. The summed E-state index contributed by atoms with van der Waals surface area (Å²) >= 11 is 4.54. The molecule has 0 atom stereocenters. The van der Waals surface area contributed by atoms with Crippen molar-refractivity contribution in [3.63, 3.8) is 0 Å². The van der Waals surface area contributed by atoms with Crippen molar-refractivity contribution in [2.24, 2.45) is 5.92 Å². The van der Waals surface area contributed by atoms with Gasteiger partial charge in [0, 0.05) is 11.5 Å². The van der Waals surface area contributed by atoms with E-state index in [-0.39, 0.29) is 35.6 Å². The van der Waals surface area contributed by atoms with E-state index < -0.39 is 11.5 Å². The minimum absolute atomic E-state index is 0.0183. The number of halogens is 3. The molecule has 5 rings (SSSR count). The molecule has 2 fully saturated rings. The van der Waals surface area contributed by atoms with Gasteiger partial charge in [0.2, 0.25) is 5.91 Å². The van der Waals surface area contributed by atoms with E-state index >= 15 is 0 Å². The first-order valence-corrected chi connectivity index (χ1v) is 12.3. The van der Waals surface area contributed by atoms with E-state index in [1.54, 1.807) is 12.1 Å². The standard InChI is InChI=1S/C24H20BrF2N3O2S/c1-24(27)11-30(12-24)19(31)10-29-13-28-22-21(23(29)32)20(15-6-7-17(26)16(25)9-15)18(33-22)8-5-14-3-2-4-14/h6-7,9,13-14H,2-4,10-12H2,1H3. The van der Waals surface area contributed by atoms with Crippen LogP contribution in [0.2, 0.25) is 0 Å². The second-order valence-electron chi connectivity index (χ2n) is 8.85. The van der Waals surface area contributed by atoms with Gasteiger partial charge < -0.3 is 4.90 Å². The van der Waals surface area contributed by atoms with Gasteiger partial charge in [0.1, 0.15) is 22.9 Å². The molecule has 1 aliphatic heterocycles. The number of aromatic nitrogens is 2. The van der Waals surface area contributed by atoms with E-state index in [9.17, 15) is 18.4 Å². The highest BCUT2D eigenvalue weighted by molar-refractivity contribution is 9.10. The maximum absolute atomic E-state index is 13.9. The fourth-order valence-electron chi connectivity index (χ4n) is 4.05. The molecule has 9 heteroatoms. The lowest BCUT2D eigenvalue weighted by Gasteiger charge is -2.42. The molecule has 0 unspecified atom stereocenters. The predicted octanol–water partition coefficient (Wildman–Crippen LogP) is 4.75. The molecule has 1 amide bonds. The average Bonchev–Trinajstić information content (AvgIpc) is 3.08. The average molecular weight is 532 g/mol. The summed E-state index contributed by atoms with van der Waals surface area (Å²) in [4.78, 5) is 33.0. The molecular formula is C24H20BrF2N3O2S. The Labute approximate surface area is 201 Å². The number of carbonyl (C=O) groups is 1. The zero-order valence-electron chi connectivity index (χ0n) is 17.8. The van der Waals surface area contributed by atoms with Crippen LogP contribution in [-0.4, -0.2) is 39.1 Å². The van der Waals surface area contributed by atoms with Crippen LogP contribution in [0.15, 0.2) is 33.8 Å². The smallest absolute Gasteiger partial charge is 0.263 e. The maximum Gasteiger partial charge on any atom is 0.263 e. The highest BCUT2D eigenvalue weighted by atomic mass is 79.9. The number of benzene rings is 1. The number of carbonyl (C=O) groups excluding carboxylic acids is 1. The Morgan fingerprint density at radius 2 is 2.12 bits per heavy atom. The Hall–Kier alpha value is -2.57. The van der Waals surface area contributed by atoms with E-state index in [1.807, 2.05) is 0 Å². The lowest BCUT2D eigenvalue weighted by Crippen LogP contribution is -2.60. The van der Waals surface area contributed by atoms with Crippen molar-refractivity contribution in [1.82, 2.24) is 14.5 Å². The normalized spacial score (nSPS) is 17.3. The largest absolute Gasteiger partial charge is 0.335 e. The molecule has 3 aromatic rings. The number of alkyl halides is 1. The van der Waals surface area contributed by atoms with E-state index in [4.69, 9.17) is 0 Å². The number of fused-ring (bicyclic) bond motifs is 1. The topological polar surface area (TPSA) is 55.2 Å². The van der Waals surface area contributed by atoms with Gasteiger partial charge in [0.15, 0.2) is 0 Å². The molecule has 0 radical (unpaired) electrons. The quantitative estimate of drug-likeness (QED) is 0.458. The second kappa shape index (κ2) is 8.33. The van der Waals surface area contributed by atoms with Crippen molar-refractivity contribution in [1.29, 1.82) is 0 Å². The number of hydrogen-bond acceptors (Lipinski definition) is 4. The number of rotatable bonds is 3. The molecule has 33 heavy (non-hydrogen) atoms. The summed E-state index contributed by atoms with van der Waals surface area (Å²) in [5.74, 6) is 6.11. The van der Waals surface area contributed by atoms with Crippen molar-refractivity contribution in [2.45, 2.75) is 38.4 Å². The van der Waals surface area contributed by atoms with Crippen molar-refractivity contribution >= 4 is 43.4 Å². The summed E-state index contributed by atoms with van der Waals surface area (Å²) in [6, 6.07) is 4.57. The first-order valence-electron chi connectivity index (χ1n) is 10.7. The van der Waals surface area contributed by atoms with Gasteiger partial charge in [0.05, 0.1) is 34.2 Å². The maximum atomic E-state index is 13.9. The summed E-state index contributed by atoms with van der Waals surface area (Å²) in [6.45, 7) is 1.26. The minimum Gasteiger partial charge on any atom is -0.335 e. The van der Waals surface area contributed by atoms with Crippen LogP contribution in [0.25, 0.3) is 21.3 Å². The molecule has 5 nitrogen and oxygen atoms in total. The molecule has 2 aliphatic rings. The lowest BCUT2D eigenvalue weighted by molar-refractivity contribution is -0.144. The van der Waals surface area contributed by atoms with Crippen LogP contribution in [0.3, 0.4) is 0 Å². The van der Waals surface area contributed by atoms with Gasteiger partial charge in [-0.1, -0.05) is 24.3 Å². The molecule has 2 aromatic heterocycles. The molecule has 0 bridgehead atoms. The first kappa shape index (κ1) is 22.2. The Balaban J connectivity index is 1.59. The highest BCUT2D eigenvalue weighted by Gasteiger charge is 2.41. The molecule has 1 saturated carbocycles. The number of nitrogens with zero attached hydrogens (tertiary/aromatic N) is 3. The Bertz CT molecular complexity index is 1390. The third-order valence-electron chi connectivity index (χ3n) is 6.08. The molecule has 1 aliphatic carbocycles. The monoisotopic (exact) mass is 531 g/mol. The van der Waals surface area contributed by atoms with Gasteiger partial charge >= 0.3 is 0 Å². The summed E-state index contributed by atoms with van der Waals surface area (Å²) in [5, 5.41) is 0.352. The van der Waals surface area contributed by atoms with E-state index in [2.05, 4.69) is 32.8 Å². The van der Waals surface area contributed by atoms with Gasteiger partial charge in [-0.05, 0) is 53.4 Å². The van der Waals surface area contributed by atoms with Crippen molar-refractivity contribution < 1.29 is 13.6 Å². The summed E-state index contributed by atoms with van der Waals surface area (Å²) in [5.41, 5.74) is -0.512.